The number of carboxylic acid groups (broad SMARTS) is 9. The van der Waals surface area contributed by atoms with Crippen molar-refractivity contribution in [3.63, 3.8) is 0 Å². The SMILES string of the molecule is CNCC(CNC(=O)CNC(=O)C(C)N1CCN(CC(=O)O)CCN(CC(=O)O)CCN(CC(=O)O)CC1)(CNC(=O)CNC(=O)C(C)N1CCN(CC(=O)O)CCN(CC(=O)O)CCN(CC(=O)O)CC1)CNC(=O)CNC(=O)C(C)N1CCN(CC(=O)O)CCN(CC(=O)O)CCN(CC(=O)O)CC1. The van der Waals surface area contributed by atoms with Gasteiger partial charge in [-0.3, -0.25) is 131 Å². The van der Waals surface area contributed by atoms with E-state index in [9.17, 15) is 118 Å². The average molecular weight is 1520 g/mol. The molecule has 3 fully saturated rings. The zero-order valence-corrected chi connectivity index (χ0v) is 61.0. The van der Waals surface area contributed by atoms with Crippen molar-refractivity contribution in [1.82, 2.24) is 96.0 Å². The van der Waals surface area contributed by atoms with Crippen LogP contribution in [0.1, 0.15) is 20.8 Å². The fourth-order valence-electron chi connectivity index (χ4n) is 12.2. The maximum Gasteiger partial charge on any atom is 0.317 e. The van der Waals surface area contributed by atoms with Crippen LogP contribution in [0.4, 0.5) is 0 Å². The second-order valence-corrected chi connectivity index (χ2v) is 26.7. The zero-order chi connectivity index (χ0) is 79.1. The lowest BCUT2D eigenvalue weighted by molar-refractivity contribution is -0.141. The van der Waals surface area contributed by atoms with Crippen molar-refractivity contribution >= 4 is 89.2 Å². The van der Waals surface area contributed by atoms with Gasteiger partial charge in [0, 0.05) is 189 Å². The first kappa shape index (κ1) is 91.7. The van der Waals surface area contributed by atoms with Crippen molar-refractivity contribution in [3.8, 4) is 0 Å². The number of nitrogens with one attached hydrogen (secondary N) is 7. The van der Waals surface area contributed by atoms with Crippen molar-refractivity contribution < 1.29 is 118 Å². The van der Waals surface area contributed by atoms with Gasteiger partial charge in [-0.15, -0.1) is 0 Å². The lowest BCUT2D eigenvalue weighted by Gasteiger charge is -2.35. The molecule has 3 aliphatic heterocycles. The van der Waals surface area contributed by atoms with Crippen molar-refractivity contribution in [2.24, 2.45) is 5.41 Å². The van der Waals surface area contributed by atoms with E-state index in [4.69, 9.17) is 0 Å². The molecule has 6 amide bonds. The molecule has 0 radical (unpaired) electrons. The second kappa shape index (κ2) is 48.7. The summed E-state index contributed by atoms with van der Waals surface area (Å²) in [5.41, 5.74) is -1.35. The minimum Gasteiger partial charge on any atom is -0.480 e. The molecule has 3 atom stereocenters. The number of rotatable bonds is 38. The molecule has 0 spiro atoms. The Morgan fingerprint density at radius 3 is 0.547 bits per heavy atom. The molecule has 0 aromatic rings. The summed E-state index contributed by atoms with van der Waals surface area (Å²) < 4.78 is 0. The molecular formula is C63H111N19O24. The Labute approximate surface area is 614 Å². The van der Waals surface area contributed by atoms with E-state index in [1.807, 2.05) is 0 Å². The minimum absolute atomic E-state index is 0.0525. The average Bonchev–Trinajstić information content (AvgIpc) is 0.903. The number of carboxylic acids is 9. The third kappa shape index (κ3) is 38.7. The standard InChI is InChI=1S/C63H111N19O24/c1-45(80-23-17-74(35-54(92)93)11-5-71(32-51(86)87)6-12-75(18-24-80)36-55(94)95)60(104)65-29-48(83)68-42-63(41-64-4,43-69-49(84)30-66-61(105)46(2)81-25-19-76(37-56(96)97)13-7-72(33-52(88)89)8-14-77(20-26-81)38-57(98)99)44-70-50(85)31-67-62(106)47(3)82-27-21-78(39-58(100)101)15-9-73(34-53(90)91)10-16-79(22-28-82)40-59(102)103/h45-47,64H,5-44H2,1-4H3,(H,65,104)(H,66,105)(H,67,106)(H,68,83)(H,69,84)(H,70,85)(H,86,87)(H,88,89)(H,90,91)(H,92,93)(H,94,95)(H,96,97)(H,98,99)(H,100,101)(H,102,103). The van der Waals surface area contributed by atoms with Crippen LogP contribution < -0.4 is 37.2 Å². The highest BCUT2D eigenvalue weighted by Crippen LogP contribution is 2.15. The highest BCUT2D eigenvalue weighted by Gasteiger charge is 2.35. The summed E-state index contributed by atoms with van der Waals surface area (Å²) in [7, 11) is 1.54. The van der Waals surface area contributed by atoms with Gasteiger partial charge < -0.3 is 83.2 Å². The van der Waals surface area contributed by atoms with E-state index in [0.717, 1.165) is 0 Å². The van der Waals surface area contributed by atoms with E-state index in [2.05, 4.69) is 37.2 Å². The summed E-state index contributed by atoms with van der Waals surface area (Å²) >= 11 is 0. The zero-order valence-electron chi connectivity index (χ0n) is 61.0. The molecular weight excluding hydrogens is 1410 g/mol. The van der Waals surface area contributed by atoms with Crippen LogP contribution in [0.5, 0.6) is 0 Å². The fourth-order valence-corrected chi connectivity index (χ4v) is 12.2. The molecule has 3 saturated heterocycles. The summed E-state index contributed by atoms with van der Waals surface area (Å²) in [6.07, 6.45) is 0. The number of aliphatic carboxylic acids is 9. The predicted molar refractivity (Wildman–Crippen MR) is 374 cm³/mol. The molecule has 3 aliphatic rings. The van der Waals surface area contributed by atoms with Crippen LogP contribution in [0, 0.1) is 5.41 Å². The number of hydrogen-bond donors (Lipinski definition) is 16. The summed E-state index contributed by atoms with van der Waals surface area (Å²) in [4.78, 5) is 209. The van der Waals surface area contributed by atoms with Crippen LogP contribution in [0.15, 0.2) is 0 Å². The Hall–Kier alpha value is -8.47. The number of carbonyl (C=O) groups is 15. The highest BCUT2D eigenvalue weighted by atomic mass is 16.4. The fraction of sp³-hybridized carbons (Fsp3) is 0.762. The molecule has 0 aliphatic carbocycles. The van der Waals surface area contributed by atoms with Crippen molar-refractivity contribution in [1.29, 1.82) is 0 Å². The van der Waals surface area contributed by atoms with Crippen molar-refractivity contribution in [2.75, 3.05) is 269 Å². The Morgan fingerprint density at radius 1 is 0.255 bits per heavy atom. The number of amides is 6. The van der Waals surface area contributed by atoms with Gasteiger partial charge in [0.25, 0.3) is 0 Å². The maximum absolute atomic E-state index is 14.0. The van der Waals surface area contributed by atoms with Gasteiger partial charge >= 0.3 is 53.7 Å². The largest absolute Gasteiger partial charge is 0.480 e. The molecule has 0 saturated carbocycles. The normalized spacial score (nSPS) is 19.5. The molecule has 0 bridgehead atoms. The van der Waals surface area contributed by atoms with Crippen molar-refractivity contribution in [3.05, 3.63) is 0 Å². The molecule has 3 unspecified atom stereocenters. The number of hydrogen-bond acceptors (Lipinski definition) is 28. The van der Waals surface area contributed by atoms with Gasteiger partial charge in [0.2, 0.25) is 35.4 Å². The van der Waals surface area contributed by atoms with E-state index in [1.165, 1.54) is 0 Å². The lowest BCUT2D eigenvalue weighted by Crippen LogP contribution is -2.58. The van der Waals surface area contributed by atoms with Gasteiger partial charge in [-0.2, -0.15) is 0 Å². The van der Waals surface area contributed by atoms with Gasteiger partial charge in [-0.25, -0.2) is 0 Å². The molecule has 0 aromatic heterocycles. The monoisotopic (exact) mass is 1520 g/mol. The van der Waals surface area contributed by atoms with Gasteiger partial charge in [0.05, 0.1) is 96.7 Å². The van der Waals surface area contributed by atoms with Crippen LogP contribution in [0.2, 0.25) is 0 Å². The van der Waals surface area contributed by atoms with E-state index < -0.39 is 172 Å². The van der Waals surface area contributed by atoms with E-state index >= 15 is 0 Å². The topological polar surface area (TPSA) is 561 Å². The highest BCUT2D eigenvalue weighted by molar-refractivity contribution is 5.89. The van der Waals surface area contributed by atoms with Crippen LogP contribution in [-0.2, 0) is 71.9 Å². The Morgan fingerprint density at radius 2 is 0.406 bits per heavy atom. The molecule has 3 heterocycles. The molecule has 106 heavy (non-hydrogen) atoms. The summed E-state index contributed by atoms with van der Waals surface area (Å²) in [5.74, 6) is -14.5. The van der Waals surface area contributed by atoms with Crippen LogP contribution in [0.25, 0.3) is 0 Å². The van der Waals surface area contributed by atoms with Gasteiger partial charge in [-0.1, -0.05) is 0 Å². The summed E-state index contributed by atoms with van der Waals surface area (Å²) in [5, 5.41) is 106. The van der Waals surface area contributed by atoms with Crippen LogP contribution in [0.3, 0.4) is 0 Å². The first-order chi connectivity index (χ1) is 50.0. The quantitative estimate of drug-likeness (QED) is 0.0273. The first-order valence-corrected chi connectivity index (χ1v) is 35.0. The second-order valence-electron chi connectivity index (χ2n) is 26.7. The Balaban J connectivity index is 1.89. The van der Waals surface area contributed by atoms with E-state index in [0.29, 0.717) is 0 Å². The van der Waals surface area contributed by atoms with Gasteiger partial charge in [0.15, 0.2) is 0 Å². The third-order valence-corrected chi connectivity index (χ3v) is 18.4. The summed E-state index contributed by atoms with van der Waals surface area (Å²) in [6.45, 7) is 0.844. The Kier molecular flexibility index (Phi) is 42.1. The molecule has 0 aromatic carbocycles. The Bertz CT molecular complexity index is 2540. The maximum atomic E-state index is 14.0. The lowest BCUT2D eigenvalue weighted by atomic mass is 9.87. The minimum atomic E-state index is -1.35. The number of carbonyl (C=O) groups excluding carboxylic acids is 6. The van der Waals surface area contributed by atoms with E-state index in [1.54, 1.807) is 86.6 Å². The molecule has 43 heteroatoms. The first-order valence-electron chi connectivity index (χ1n) is 35.0. The molecule has 602 valence electrons. The van der Waals surface area contributed by atoms with Gasteiger partial charge in [0.1, 0.15) is 0 Å². The van der Waals surface area contributed by atoms with Gasteiger partial charge in [-0.05, 0) is 27.8 Å². The smallest absolute Gasteiger partial charge is 0.317 e. The van der Waals surface area contributed by atoms with Crippen molar-refractivity contribution in [2.45, 2.75) is 38.9 Å². The van der Waals surface area contributed by atoms with Crippen LogP contribution >= 0.6 is 0 Å². The van der Waals surface area contributed by atoms with Crippen LogP contribution in [-0.4, -0.2) is 481 Å². The predicted octanol–water partition coefficient (Wildman–Crippen LogP) is -10.5. The molecule has 3 rings (SSSR count). The molecule has 43 nitrogen and oxygen atoms in total. The molecule has 16 N–H and O–H groups in total. The number of nitrogens with zero attached hydrogens (tertiary/aromatic N) is 12. The third-order valence-electron chi connectivity index (χ3n) is 18.4. The summed E-state index contributed by atoms with van der Waals surface area (Å²) in [6, 6.07) is -2.96. The van der Waals surface area contributed by atoms with E-state index in [-0.39, 0.29) is 203 Å².